The van der Waals surface area contributed by atoms with Crippen LogP contribution in [0.4, 0.5) is 0 Å². The monoisotopic (exact) mass is 237 g/mol. The Hall–Kier alpha value is -1.06. The van der Waals surface area contributed by atoms with Crippen LogP contribution in [0.1, 0.15) is 31.7 Å². The van der Waals surface area contributed by atoms with E-state index in [4.69, 9.17) is 15.2 Å². The highest BCUT2D eigenvalue weighted by Gasteiger charge is 2.02. The first-order valence-corrected chi connectivity index (χ1v) is 6.28. The van der Waals surface area contributed by atoms with Crippen LogP contribution in [-0.2, 0) is 4.74 Å². The van der Waals surface area contributed by atoms with Crippen LogP contribution in [0.2, 0.25) is 0 Å². The van der Waals surface area contributed by atoms with Gasteiger partial charge in [0.1, 0.15) is 12.4 Å². The van der Waals surface area contributed by atoms with Gasteiger partial charge >= 0.3 is 0 Å². The molecule has 0 heterocycles. The molecule has 17 heavy (non-hydrogen) atoms. The normalized spacial score (nSPS) is 12.4. The fourth-order valence-corrected chi connectivity index (χ4v) is 1.53. The van der Waals surface area contributed by atoms with Crippen molar-refractivity contribution in [3.63, 3.8) is 0 Å². The summed E-state index contributed by atoms with van der Waals surface area (Å²) >= 11 is 0. The first kappa shape index (κ1) is 14.0. The molecule has 1 rings (SSSR count). The topological polar surface area (TPSA) is 44.5 Å². The molecule has 1 atom stereocenters. The lowest BCUT2D eigenvalue weighted by Gasteiger charge is -2.10. The van der Waals surface area contributed by atoms with Gasteiger partial charge in [-0.05, 0) is 30.0 Å². The molecule has 2 N–H and O–H groups in total. The van der Waals surface area contributed by atoms with Crippen molar-refractivity contribution >= 4 is 0 Å². The first-order chi connectivity index (χ1) is 8.27. The van der Waals surface area contributed by atoms with Crippen LogP contribution in [-0.4, -0.2) is 26.4 Å². The predicted octanol–water partition coefficient (Wildman–Crippen LogP) is 2.55. The van der Waals surface area contributed by atoms with Gasteiger partial charge in [-0.15, -0.1) is 0 Å². The molecular weight excluding hydrogens is 214 g/mol. The second kappa shape index (κ2) is 8.09. The minimum absolute atomic E-state index is 0.559. The lowest BCUT2D eigenvalue weighted by atomic mass is 9.99. The standard InChI is InChI=1S/C14H23NO2/c1-3-12(2)13-4-6-14(7-5-13)17-11-10-16-9-8-15/h4-7,12H,3,8-11,15H2,1-2H3. The van der Waals surface area contributed by atoms with Crippen LogP contribution in [0.15, 0.2) is 24.3 Å². The smallest absolute Gasteiger partial charge is 0.119 e. The highest BCUT2D eigenvalue weighted by Crippen LogP contribution is 2.21. The molecule has 0 amide bonds. The fraction of sp³-hybridized carbons (Fsp3) is 0.571. The molecule has 1 unspecified atom stereocenters. The van der Waals surface area contributed by atoms with E-state index in [0.717, 1.165) is 12.2 Å². The quantitative estimate of drug-likeness (QED) is 0.707. The average molecular weight is 237 g/mol. The van der Waals surface area contributed by atoms with E-state index in [1.54, 1.807) is 0 Å². The van der Waals surface area contributed by atoms with Gasteiger partial charge in [0, 0.05) is 6.54 Å². The molecule has 3 heteroatoms. The predicted molar refractivity (Wildman–Crippen MR) is 70.5 cm³/mol. The van der Waals surface area contributed by atoms with Gasteiger partial charge in [0.05, 0.1) is 13.2 Å². The minimum atomic E-state index is 0.559. The molecule has 0 saturated carbocycles. The summed E-state index contributed by atoms with van der Waals surface area (Å²) < 4.78 is 10.8. The van der Waals surface area contributed by atoms with Crippen LogP contribution in [0.3, 0.4) is 0 Å². The van der Waals surface area contributed by atoms with E-state index in [2.05, 4.69) is 26.0 Å². The second-order valence-corrected chi connectivity index (χ2v) is 4.13. The van der Waals surface area contributed by atoms with Crippen molar-refractivity contribution in [2.75, 3.05) is 26.4 Å². The summed E-state index contributed by atoms with van der Waals surface area (Å²) in [6, 6.07) is 8.29. The summed E-state index contributed by atoms with van der Waals surface area (Å²) in [6.45, 7) is 6.74. The third-order valence-electron chi connectivity index (χ3n) is 2.82. The Balaban J connectivity index is 2.30. The van der Waals surface area contributed by atoms with Crippen molar-refractivity contribution < 1.29 is 9.47 Å². The van der Waals surface area contributed by atoms with Crippen molar-refractivity contribution in [1.29, 1.82) is 0 Å². The zero-order valence-electron chi connectivity index (χ0n) is 10.8. The highest BCUT2D eigenvalue weighted by atomic mass is 16.5. The van der Waals surface area contributed by atoms with E-state index in [0.29, 0.717) is 32.3 Å². The number of rotatable bonds is 8. The maximum absolute atomic E-state index is 5.56. The Bertz CT molecular complexity index is 298. The molecule has 1 aromatic rings. The van der Waals surface area contributed by atoms with Crippen LogP contribution < -0.4 is 10.5 Å². The lowest BCUT2D eigenvalue weighted by Crippen LogP contribution is -2.13. The molecule has 1 aromatic carbocycles. The average Bonchev–Trinajstić information content (AvgIpc) is 2.38. The number of hydrogen-bond acceptors (Lipinski definition) is 3. The number of hydrogen-bond donors (Lipinski definition) is 1. The molecular formula is C14H23NO2. The van der Waals surface area contributed by atoms with Crippen molar-refractivity contribution in [3.05, 3.63) is 29.8 Å². The molecule has 0 radical (unpaired) electrons. The molecule has 0 saturated heterocycles. The zero-order valence-corrected chi connectivity index (χ0v) is 10.8. The Morgan fingerprint density at radius 2 is 1.82 bits per heavy atom. The summed E-state index contributed by atoms with van der Waals surface area (Å²) in [5.41, 5.74) is 6.67. The molecule has 96 valence electrons. The molecule has 0 spiro atoms. The molecule has 0 aliphatic rings. The van der Waals surface area contributed by atoms with E-state index in [-0.39, 0.29) is 0 Å². The largest absolute Gasteiger partial charge is 0.491 e. The van der Waals surface area contributed by atoms with E-state index >= 15 is 0 Å². The van der Waals surface area contributed by atoms with Crippen LogP contribution in [0.5, 0.6) is 5.75 Å². The Kier molecular flexibility index (Phi) is 6.67. The maximum atomic E-state index is 5.56. The van der Waals surface area contributed by atoms with Crippen molar-refractivity contribution in [1.82, 2.24) is 0 Å². The van der Waals surface area contributed by atoms with E-state index in [9.17, 15) is 0 Å². The molecule has 0 aliphatic heterocycles. The van der Waals surface area contributed by atoms with Gasteiger partial charge in [0.2, 0.25) is 0 Å². The first-order valence-electron chi connectivity index (χ1n) is 6.28. The molecule has 0 bridgehead atoms. The van der Waals surface area contributed by atoms with E-state index in [1.807, 2.05) is 12.1 Å². The van der Waals surface area contributed by atoms with Gasteiger partial charge in [-0.25, -0.2) is 0 Å². The molecule has 0 aromatic heterocycles. The minimum Gasteiger partial charge on any atom is -0.491 e. The van der Waals surface area contributed by atoms with Gasteiger partial charge in [0.25, 0.3) is 0 Å². The van der Waals surface area contributed by atoms with Gasteiger partial charge in [0.15, 0.2) is 0 Å². The lowest BCUT2D eigenvalue weighted by molar-refractivity contribution is 0.106. The molecule has 0 fully saturated rings. The van der Waals surface area contributed by atoms with E-state index < -0.39 is 0 Å². The summed E-state index contributed by atoms with van der Waals surface area (Å²) in [4.78, 5) is 0. The van der Waals surface area contributed by atoms with Crippen LogP contribution in [0, 0.1) is 0 Å². The summed E-state index contributed by atoms with van der Waals surface area (Å²) in [5, 5.41) is 0. The Morgan fingerprint density at radius 1 is 1.12 bits per heavy atom. The third-order valence-corrected chi connectivity index (χ3v) is 2.82. The Morgan fingerprint density at radius 3 is 2.41 bits per heavy atom. The van der Waals surface area contributed by atoms with Crippen molar-refractivity contribution in [3.8, 4) is 5.75 Å². The number of nitrogens with two attached hydrogens (primary N) is 1. The van der Waals surface area contributed by atoms with Crippen LogP contribution >= 0.6 is 0 Å². The highest BCUT2D eigenvalue weighted by molar-refractivity contribution is 5.29. The SMILES string of the molecule is CCC(C)c1ccc(OCCOCCN)cc1. The summed E-state index contributed by atoms with van der Waals surface area (Å²) in [5.74, 6) is 1.50. The number of benzene rings is 1. The summed E-state index contributed by atoms with van der Waals surface area (Å²) in [7, 11) is 0. The van der Waals surface area contributed by atoms with Crippen LogP contribution in [0.25, 0.3) is 0 Å². The van der Waals surface area contributed by atoms with Gasteiger partial charge in [-0.3, -0.25) is 0 Å². The van der Waals surface area contributed by atoms with Crippen molar-refractivity contribution in [2.45, 2.75) is 26.2 Å². The maximum Gasteiger partial charge on any atom is 0.119 e. The Labute approximate surface area is 104 Å². The second-order valence-electron chi connectivity index (χ2n) is 4.13. The van der Waals surface area contributed by atoms with Gasteiger partial charge < -0.3 is 15.2 Å². The zero-order chi connectivity index (χ0) is 12.5. The van der Waals surface area contributed by atoms with Gasteiger partial charge in [-0.1, -0.05) is 26.0 Å². The van der Waals surface area contributed by atoms with E-state index in [1.165, 1.54) is 5.56 Å². The molecule has 3 nitrogen and oxygen atoms in total. The fourth-order valence-electron chi connectivity index (χ4n) is 1.53. The van der Waals surface area contributed by atoms with Gasteiger partial charge in [-0.2, -0.15) is 0 Å². The van der Waals surface area contributed by atoms with Crippen molar-refractivity contribution in [2.24, 2.45) is 5.73 Å². The molecule has 0 aliphatic carbocycles. The number of ether oxygens (including phenoxy) is 2. The summed E-state index contributed by atoms with van der Waals surface area (Å²) in [6.07, 6.45) is 1.16. The third kappa shape index (κ3) is 5.20.